The highest BCUT2D eigenvalue weighted by molar-refractivity contribution is 7.11. The second-order valence-corrected chi connectivity index (χ2v) is 7.59. The van der Waals surface area contributed by atoms with Gasteiger partial charge in [-0.1, -0.05) is 32.9 Å². The van der Waals surface area contributed by atoms with Gasteiger partial charge in [0.1, 0.15) is 10.8 Å². The van der Waals surface area contributed by atoms with Crippen LogP contribution in [0.2, 0.25) is 0 Å². The summed E-state index contributed by atoms with van der Waals surface area (Å²) < 4.78 is 5.42. The fourth-order valence-corrected chi connectivity index (χ4v) is 3.94. The van der Waals surface area contributed by atoms with Crippen LogP contribution in [0, 0.1) is 0 Å². The smallest absolute Gasteiger partial charge is 0.191 e. The molecule has 0 fully saturated rings. The van der Waals surface area contributed by atoms with Gasteiger partial charge in [0, 0.05) is 24.7 Å². The summed E-state index contributed by atoms with van der Waals surface area (Å²) in [5.74, 6) is 1.67. The Morgan fingerprint density at radius 3 is 2.64 bits per heavy atom. The Morgan fingerprint density at radius 2 is 2.04 bits per heavy atom. The first-order valence-electron chi connectivity index (χ1n) is 9.91. The molecular formula is C21H33N5OS. The summed E-state index contributed by atoms with van der Waals surface area (Å²) >= 11 is 1.74. The molecule has 1 aromatic heterocycles. The molecule has 0 aliphatic carbocycles. The van der Waals surface area contributed by atoms with E-state index in [0.29, 0.717) is 6.54 Å². The summed E-state index contributed by atoms with van der Waals surface area (Å²) in [5, 5.41) is 7.93. The van der Waals surface area contributed by atoms with Crippen molar-refractivity contribution in [2.45, 2.75) is 39.8 Å². The molecule has 1 heterocycles. The summed E-state index contributed by atoms with van der Waals surface area (Å²) in [6, 6.07) is 8.53. The minimum atomic E-state index is 0.232. The van der Waals surface area contributed by atoms with Crippen LogP contribution in [0.4, 0.5) is 0 Å². The number of likely N-dealkylation sites (N-methyl/N-ethyl adjacent to an activating group) is 1. The fourth-order valence-electron chi connectivity index (χ4n) is 3.14. The van der Waals surface area contributed by atoms with Gasteiger partial charge in [0.25, 0.3) is 0 Å². The van der Waals surface area contributed by atoms with E-state index in [9.17, 15) is 0 Å². The van der Waals surface area contributed by atoms with Crippen LogP contribution in [0.15, 0.2) is 35.5 Å². The minimum absolute atomic E-state index is 0.232. The predicted molar refractivity (Wildman–Crippen MR) is 118 cm³/mol. The van der Waals surface area contributed by atoms with Crippen molar-refractivity contribution in [2.24, 2.45) is 4.99 Å². The van der Waals surface area contributed by atoms with Gasteiger partial charge in [0.15, 0.2) is 5.96 Å². The zero-order chi connectivity index (χ0) is 20.4. The van der Waals surface area contributed by atoms with E-state index in [-0.39, 0.29) is 6.04 Å². The van der Waals surface area contributed by atoms with Crippen LogP contribution in [0.25, 0.3) is 0 Å². The average molecular weight is 404 g/mol. The van der Waals surface area contributed by atoms with Gasteiger partial charge in [0.05, 0.1) is 19.7 Å². The highest BCUT2D eigenvalue weighted by Gasteiger charge is 2.19. The third kappa shape index (κ3) is 6.21. The Hall–Kier alpha value is -2.12. The van der Waals surface area contributed by atoms with E-state index in [1.807, 2.05) is 18.3 Å². The van der Waals surface area contributed by atoms with E-state index in [1.165, 1.54) is 10.4 Å². The van der Waals surface area contributed by atoms with E-state index in [2.05, 4.69) is 58.4 Å². The number of rotatable bonds is 10. The molecule has 0 aliphatic heterocycles. The normalized spacial score (nSPS) is 12.9. The monoisotopic (exact) mass is 403 g/mol. The number of thiazole rings is 1. The summed E-state index contributed by atoms with van der Waals surface area (Å²) in [5.41, 5.74) is 1.23. The Labute approximate surface area is 173 Å². The molecule has 0 radical (unpaired) electrons. The van der Waals surface area contributed by atoms with Crippen molar-refractivity contribution in [2.75, 3.05) is 33.8 Å². The maximum atomic E-state index is 5.42. The number of aliphatic imine (C=N–C) groups is 1. The highest BCUT2D eigenvalue weighted by atomic mass is 32.1. The molecule has 154 valence electrons. The number of guanidine groups is 1. The van der Waals surface area contributed by atoms with Crippen molar-refractivity contribution >= 4 is 17.3 Å². The summed E-state index contributed by atoms with van der Waals surface area (Å²) in [6.07, 6.45) is 2.98. The van der Waals surface area contributed by atoms with Gasteiger partial charge >= 0.3 is 0 Å². The van der Waals surface area contributed by atoms with Crippen LogP contribution in [-0.2, 0) is 13.0 Å². The van der Waals surface area contributed by atoms with Gasteiger partial charge in [-0.2, -0.15) is 0 Å². The summed E-state index contributed by atoms with van der Waals surface area (Å²) in [6.45, 7) is 9.92. The number of aryl methyl sites for hydroxylation is 1. The van der Waals surface area contributed by atoms with Crippen LogP contribution >= 0.6 is 11.3 Å². The molecule has 1 unspecified atom stereocenters. The van der Waals surface area contributed by atoms with Gasteiger partial charge in [0.2, 0.25) is 0 Å². The summed E-state index contributed by atoms with van der Waals surface area (Å²) in [4.78, 5) is 12.6. The molecule has 0 aliphatic rings. The molecule has 28 heavy (non-hydrogen) atoms. The van der Waals surface area contributed by atoms with E-state index in [0.717, 1.165) is 42.8 Å². The quantitative estimate of drug-likeness (QED) is 0.470. The number of hydrogen-bond donors (Lipinski definition) is 2. The fraction of sp³-hybridized carbons (Fsp3) is 0.524. The molecule has 2 N–H and O–H groups in total. The van der Waals surface area contributed by atoms with Crippen LogP contribution in [0.3, 0.4) is 0 Å². The van der Waals surface area contributed by atoms with Gasteiger partial charge in [-0.15, -0.1) is 11.3 Å². The zero-order valence-corrected chi connectivity index (χ0v) is 18.5. The molecule has 6 nitrogen and oxygen atoms in total. The standard InChI is InChI=1S/C21H33N5OS/c1-6-18-13-23-20(28-18)15-25-21(22-4)24-14-19(26(7-2)8-3)16-10-9-11-17(12-16)27-5/h9-13,19H,6-8,14-15H2,1-5H3,(H2,22,24,25). The first-order valence-corrected chi connectivity index (χ1v) is 10.7. The number of methoxy groups -OCH3 is 1. The largest absolute Gasteiger partial charge is 0.497 e. The van der Waals surface area contributed by atoms with Crippen molar-refractivity contribution < 1.29 is 4.74 Å². The van der Waals surface area contributed by atoms with Crippen molar-refractivity contribution in [3.05, 3.63) is 45.9 Å². The van der Waals surface area contributed by atoms with Crippen LogP contribution in [-0.4, -0.2) is 49.6 Å². The van der Waals surface area contributed by atoms with E-state index in [4.69, 9.17) is 4.74 Å². The minimum Gasteiger partial charge on any atom is -0.497 e. The lowest BCUT2D eigenvalue weighted by molar-refractivity contribution is 0.218. The van der Waals surface area contributed by atoms with Gasteiger partial charge in [-0.25, -0.2) is 4.98 Å². The maximum absolute atomic E-state index is 5.42. The van der Waals surface area contributed by atoms with Crippen molar-refractivity contribution in [1.29, 1.82) is 0 Å². The first kappa shape index (κ1) is 22.2. The molecule has 2 rings (SSSR count). The van der Waals surface area contributed by atoms with E-state index >= 15 is 0 Å². The van der Waals surface area contributed by atoms with E-state index in [1.54, 1.807) is 25.5 Å². The molecule has 0 bridgehead atoms. The third-order valence-corrected chi connectivity index (χ3v) is 5.92. The van der Waals surface area contributed by atoms with Crippen LogP contribution in [0.1, 0.15) is 42.3 Å². The molecular weight excluding hydrogens is 370 g/mol. The third-order valence-electron chi connectivity index (χ3n) is 4.78. The van der Waals surface area contributed by atoms with Crippen LogP contribution < -0.4 is 15.4 Å². The predicted octanol–water partition coefficient (Wildman–Crippen LogP) is 3.46. The first-order chi connectivity index (χ1) is 13.6. The molecule has 0 saturated heterocycles. The Bertz CT molecular complexity index is 742. The SMILES string of the molecule is CCc1cnc(CNC(=NC)NCC(c2cccc(OC)c2)N(CC)CC)s1. The van der Waals surface area contributed by atoms with Crippen LogP contribution in [0.5, 0.6) is 5.75 Å². The Morgan fingerprint density at radius 1 is 1.25 bits per heavy atom. The van der Waals surface area contributed by atoms with Gasteiger partial charge in [-0.3, -0.25) is 9.89 Å². The number of aromatic nitrogens is 1. The number of ether oxygens (including phenoxy) is 1. The second-order valence-electron chi connectivity index (χ2n) is 6.39. The van der Waals surface area contributed by atoms with Gasteiger partial charge < -0.3 is 15.4 Å². The number of benzene rings is 1. The molecule has 1 atom stereocenters. The number of nitrogens with zero attached hydrogens (tertiary/aromatic N) is 3. The molecule has 1 aromatic carbocycles. The number of nitrogens with one attached hydrogen (secondary N) is 2. The lowest BCUT2D eigenvalue weighted by atomic mass is 10.0. The molecule has 2 aromatic rings. The van der Waals surface area contributed by atoms with Gasteiger partial charge in [-0.05, 0) is 37.2 Å². The topological polar surface area (TPSA) is 61.8 Å². The Kier molecular flexibility index (Phi) is 9.23. The Balaban J connectivity index is 2.03. The van der Waals surface area contributed by atoms with Crippen molar-refractivity contribution in [3.63, 3.8) is 0 Å². The maximum Gasteiger partial charge on any atom is 0.191 e. The lowest BCUT2D eigenvalue weighted by Crippen LogP contribution is -2.43. The molecule has 0 amide bonds. The lowest BCUT2D eigenvalue weighted by Gasteiger charge is -2.31. The molecule has 0 spiro atoms. The molecule has 0 saturated carbocycles. The van der Waals surface area contributed by atoms with Crippen molar-refractivity contribution in [1.82, 2.24) is 20.5 Å². The van der Waals surface area contributed by atoms with Crippen molar-refractivity contribution in [3.8, 4) is 5.75 Å². The highest BCUT2D eigenvalue weighted by Crippen LogP contribution is 2.23. The zero-order valence-electron chi connectivity index (χ0n) is 17.7. The molecule has 7 heteroatoms. The average Bonchev–Trinajstić information content (AvgIpc) is 3.21. The van der Waals surface area contributed by atoms with E-state index < -0.39 is 0 Å². The second kappa shape index (κ2) is 11.7. The number of hydrogen-bond acceptors (Lipinski definition) is 5. The summed E-state index contributed by atoms with van der Waals surface area (Å²) in [7, 11) is 3.50.